The highest BCUT2D eigenvalue weighted by Gasteiger charge is 2.16. The van der Waals surface area contributed by atoms with Crippen LogP contribution < -0.4 is 4.74 Å². The van der Waals surface area contributed by atoms with Crippen molar-refractivity contribution in [2.24, 2.45) is 11.1 Å². The molecule has 0 aliphatic heterocycles. The van der Waals surface area contributed by atoms with Crippen molar-refractivity contribution in [3.05, 3.63) is 29.8 Å². The van der Waals surface area contributed by atoms with Gasteiger partial charge in [-0.1, -0.05) is 30.1 Å². The van der Waals surface area contributed by atoms with Crippen LogP contribution in [-0.2, 0) is 0 Å². The van der Waals surface area contributed by atoms with E-state index >= 15 is 0 Å². The molecule has 1 fully saturated rings. The lowest BCUT2D eigenvalue weighted by Gasteiger charge is -2.14. The molecule has 0 atom stereocenters. The van der Waals surface area contributed by atoms with Crippen molar-refractivity contribution in [1.29, 1.82) is 0 Å². The first-order valence-electron chi connectivity index (χ1n) is 6.22. The van der Waals surface area contributed by atoms with Crippen molar-refractivity contribution in [3.63, 3.8) is 0 Å². The number of hydrogen-bond donors (Lipinski definition) is 1. The third-order valence-electron chi connectivity index (χ3n) is 3.38. The van der Waals surface area contributed by atoms with E-state index in [1.807, 2.05) is 24.3 Å². The monoisotopic (exact) mass is 233 g/mol. The number of oxime groups is 1. The molecule has 2 rings (SSSR count). The normalized spacial score (nSPS) is 17.4. The minimum atomic E-state index is 0.590. The van der Waals surface area contributed by atoms with E-state index in [0.717, 1.165) is 17.9 Å². The Morgan fingerprint density at radius 2 is 2.06 bits per heavy atom. The number of ether oxygens (including phenoxy) is 1. The Hall–Kier alpha value is -1.51. The molecular weight excluding hydrogens is 214 g/mol. The fourth-order valence-electron chi connectivity index (χ4n) is 2.33. The van der Waals surface area contributed by atoms with Crippen LogP contribution in [0.4, 0.5) is 0 Å². The molecule has 3 nitrogen and oxygen atoms in total. The van der Waals surface area contributed by atoms with Crippen LogP contribution in [0.25, 0.3) is 0 Å². The Labute approximate surface area is 102 Å². The number of para-hydroxylation sites is 1. The fourth-order valence-corrected chi connectivity index (χ4v) is 2.33. The number of rotatable bonds is 4. The Kier molecular flexibility index (Phi) is 4.02. The highest BCUT2D eigenvalue weighted by molar-refractivity contribution is 6.00. The summed E-state index contributed by atoms with van der Waals surface area (Å²) in [7, 11) is 0. The van der Waals surface area contributed by atoms with Crippen LogP contribution in [0.3, 0.4) is 0 Å². The van der Waals surface area contributed by atoms with E-state index < -0.39 is 0 Å². The SMILES string of the molecule is C/C(=N/O)c1ccccc1OCC1CCCC1. The van der Waals surface area contributed by atoms with E-state index in [1.54, 1.807) is 6.92 Å². The topological polar surface area (TPSA) is 41.8 Å². The van der Waals surface area contributed by atoms with Gasteiger partial charge >= 0.3 is 0 Å². The van der Waals surface area contributed by atoms with E-state index in [9.17, 15) is 0 Å². The molecule has 17 heavy (non-hydrogen) atoms. The summed E-state index contributed by atoms with van der Waals surface area (Å²) < 4.78 is 5.85. The molecule has 0 heterocycles. The molecule has 92 valence electrons. The average molecular weight is 233 g/mol. The van der Waals surface area contributed by atoms with Gasteiger partial charge in [-0.05, 0) is 37.8 Å². The molecule has 1 aromatic rings. The van der Waals surface area contributed by atoms with E-state index in [0.29, 0.717) is 11.6 Å². The van der Waals surface area contributed by atoms with Gasteiger partial charge < -0.3 is 9.94 Å². The maximum absolute atomic E-state index is 8.82. The van der Waals surface area contributed by atoms with Crippen molar-refractivity contribution in [3.8, 4) is 5.75 Å². The lowest BCUT2D eigenvalue weighted by molar-refractivity contribution is 0.251. The molecule has 1 saturated carbocycles. The van der Waals surface area contributed by atoms with Crippen LogP contribution in [0.15, 0.2) is 29.4 Å². The molecule has 0 radical (unpaired) electrons. The molecule has 0 amide bonds. The molecular formula is C14H19NO2. The van der Waals surface area contributed by atoms with Crippen LogP contribution in [0, 0.1) is 5.92 Å². The summed E-state index contributed by atoms with van der Waals surface area (Å²) in [5.41, 5.74) is 1.46. The fraction of sp³-hybridized carbons (Fsp3) is 0.500. The molecule has 0 unspecified atom stereocenters. The summed E-state index contributed by atoms with van der Waals surface area (Å²) in [6.07, 6.45) is 5.20. The van der Waals surface area contributed by atoms with E-state index in [4.69, 9.17) is 9.94 Å². The molecule has 0 aromatic heterocycles. The van der Waals surface area contributed by atoms with Crippen molar-refractivity contribution in [1.82, 2.24) is 0 Å². The molecule has 1 aliphatic rings. The Morgan fingerprint density at radius 3 is 2.76 bits per heavy atom. The summed E-state index contributed by atoms with van der Waals surface area (Å²) in [4.78, 5) is 0. The number of hydrogen-bond acceptors (Lipinski definition) is 3. The molecule has 0 bridgehead atoms. The van der Waals surface area contributed by atoms with Crippen LogP contribution in [0.5, 0.6) is 5.75 Å². The Bertz CT molecular complexity index is 395. The van der Waals surface area contributed by atoms with Gasteiger partial charge in [0.25, 0.3) is 0 Å². The van der Waals surface area contributed by atoms with Gasteiger partial charge in [0.05, 0.1) is 12.3 Å². The van der Waals surface area contributed by atoms with Crippen LogP contribution in [0.1, 0.15) is 38.2 Å². The van der Waals surface area contributed by atoms with E-state index in [1.165, 1.54) is 25.7 Å². The van der Waals surface area contributed by atoms with E-state index in [-0.39, 0.29) is 0 Å². The van der Waals surface area contributed by atoms with Crippen molar-refractivity contribution in [2.75, 3.05) is 6.61 Å². The number of nitrogens with zero attached hydrogens (tertiary/aromatic N) is 1. The maximum atomic E-state index is 8.82. The molecule has 1 aliphatic carbocycles. The molecule has 1 N–H and O–H groups in total. The second-order valence-electron chi connectivity index (χ2n) is 4.64. The maximum Gasteiger partial charge on any atom is 0.128 e. The van der Waals surface area contributed by atoms with Crippen LogP contribution >= 0.6 is 0 Å². The van der Waals surface area contributed by atoms with Crippen molar-refractivity contribution < 1.29 is 9.94 Å². The molecule has 1 aromatic carbocycles. The lowest BCUT2D eigenvalue weighted by atomic mass is 10.1. The van der Waals surface area contributed by atoms with Gasteiger partial charge in [0.2, 0.25) is 0 Å². The van der Waals surface area contributed by atoms with Gasteiger partial charge in [-0.3, -0.25) is 0 Å². The molecule has 3 heteroatoms. The van der Waals surface area contributed by atoms with Crippen LogP contribution in [-0.4, -0.2) is 17.5 Å². The zero-order valence-electron chi connectivity index (χ0n) is 10.2. The summed E-state index contributed by atoms with van der Waals surface area (Å²) in [5, 5.41) is 12.1. The minimum Gasteiger partial charge on any atom is -0.493 e. The third-order valence-corrected chi connectivity index (χ3v) is 3.38. The quantitative estimate of drug-likeness (QED) is 0.491. The van der Waals surface area contributed by atoms with Gasteiger partial charge in [-0.2, -0.15) is 0 Å². The van der Waals surface area contributed by atoms with Gasteiger partial charge in [0.1, 0.15) is 5.75 Å². The first kappa shape index (κ1) is 12.0. The van der Waals surface area contributed by atoms with E-state index in [2.05, 4.69) is 5.16 Å². The molecule has 0 spiro atoms. The predicted octanol–water partition coefficient (Wildman–Crippen LogP) is 3.45. The second kappa shape index (κ2) is 5.71. The first-order valence-corrected chi connectivity index (χ1v) is 6.22. The van der Waals surface area contributed by atoms with Gasteiger partial charge in [-0.15, -0.1) is 0 Å². The third kappa shape index (κ3) is 2.99. The average Bonchev–Trinajstić information content (AvgIpc) is 2.89. The van der Waals surface area contributed by atoms with Crippen LogP contribution in [0.2, 0.25) is 0 Å². The highest BCUT2D eigenvalue weighted by atomic mass is 16.5. The summed E-state index contributed by atoms with van der Waals surface area (Å²) in [6.45, 7) is 2.55. The standard InChI is InChI=1S/C14H19NO2/c1-11(15-16)13-8-4-5-9-14(13)17-10-12-6-2-3-7-12/h4-5,8-9,12,16H,2-3,6-7,10H2,1H3/b15-11-. The minimum absolute atomic E-state index is 0.590. The van der Waals surface area contributed by atoms with Crippen molar-refractivity contribution in [2.45, 2.75) is 32.6 Å². The highest BCUT2D eigenvalue weighted by Crippen LogP contribution is 2.26. The second-order valence-corrected chi connectivity index (χ2v) is 4.64. The zero-order chi connectivity index (χ0) is 12.1. The molecule has 0 saturated heterocycles. The number of benzene rings is 1. The largest absolute Gasteiger partial charge is 0.493 e. The summed E-state index contributed by atoms with van der Waals surface area (Å²) in [6, 6.07) is 7.71. The smallest absolute Gasteiger partial charge is 0.128 e. The lowest BCUT2D eigenvalue weighted by Crippen LogP contribution is -2.10. The predicted molar refractivity (Wildman–Crippen MR) is 67.9 cm³/mol. The Balaban J connectivity index is 2.04. The first-order chi connectivity index (χ1) is 8.31. The van der Waals surface area contributed by atoms with Gasteiger partial charge in [-0.25, -0.2) is 0 Å². The van der Waals surface area contributed by atoms with Gasteiger partial charge in [0.15, 0.2) is 0 Å². The van der Waals surface area contributed by atoms with Gasteiger partial charge in [0, 0.05) is 5.56 Å². The zero-order valence-corrected chi connectivity index (χ0v) is 10.2. The summed E-state index contributed by atoms with van der Waals surface area (Å²) in [5.74, 6) is 1.50. The summed E-state index contributed by atoms with van der Waals surface area (Å²) >= 11 is 0. The van der Waals surface area contributed by atoms with Crippen molar-refractivity contribution >= 4 is 5.71 Å². The Morgan fingerprint density at radius 1 is 1.35 bits per heavy atom.